The van der Waals surface area contributed by atoms with Gasteiger partial charge in [-0.15, -0.1) is 0 Å². The minimum Gasteiger partial charge on any atom is -0.455 e. The molecule has 234 valence electrons. The van der Waals surface area contributed by atoms with Gasteiger partial charge in [0.25, 0.3) is 0 Å². The average molecular weight is 638 g/mol. The minimum atomic E-state index is 0.864. The lowest BCUT2D eigenvalue weighted by atomic mass is 9.95. The predicted molar refractivity (Wildman–Crippen MR) is 212 cm³/mol. The topological polar surface area (TPSA) is 16.4 Å². The van der Waals surface area contributed by atoms with Crippen molar-refractivity contribution in [2.75, 3.05) is 4.90 Å². The van der Waals surface area contributed by atoms with Crippen molar-refractivity contribution < 1.29 is 4.42 Å². The summed E-state index contributed by atoms with van der Waals surface area (Å²) in [4.78, 5) is 2.41. The van der Waals surface area contributed by atoms with Gasteiger partial charge in [-0.05, 0) is 91.6 Å². The van der Waals surface area contributed by atoms with Crippen molar-refractivity contribution in [1.29, 1.82) is 0 Å². The van der Waals surface area contributed by atoms with Crippen molar-refractivity contribution in [1.82, 2.24) is 0 Å². The number of nitrogens with zero attached hydrogens (tertiary/aromatic N) is 1. The molecule has 0 aliphatic rings. The maximum absolute atomic E-state index is 6.92. The first-order chi connectivity index (χ1) is 24.8. The number of hydrogen-bond acceptors (Lipinski definition) is 2. The zero-order valence-electron chi connectivity index (χ0n) is 27.3. The summed E-state index contributed by atoms with van der Waals surface area (Å²) < 4.78 is 6.92. The van der Waals surface area contributed by atoms with Crippen LogP contribution in [0.25, 0.3) is 76.5 Å². The summed E-state index contributed by atoms with van der Waals surface area (Å²) in [6.07, 6.45) is 0. The Morgan fingerprint density at radius 1 is 0.360 bits per heavy atom. The van der Waals surface area contributed by atoms with E-state index in [1.807, 2.05) is 0 Å². The molecule has 0 atom stereocenters. The third-order valence-corrected chi connectivity index (χ3v) is 10.0. The fraction of sp³-hybridized carbons (Fsp3) is 0. The zero-order valence-corrected chi connectivity index (χ0v) is 27.3. The van der Waals surface area contributed by atoms with Crippen molar-refractivity contribution in [2.45, 2.75) is 0 Å². The molecule has 0 aliphatic heterocycles. The third-order valence-electron chi connectivity index (χ3n) is 10.0. The molecule has 0 saturated heterocycles. The minimum absolute atomic E-state index is 0.864. The Bertz CT molecular complexity index is 2860. The predicted octanol–water partition coefficient (Wildman–Crippen LogP) is 13.8. The van der Waals surface area contributed by atoms with Crippen LogP contribution in [0.2, 0.25) is 0 Å². The van der Waals surface area contributed by atoms with Crippen molar-refractivity contribution in [2.24, 2.45) is 0 Å². The number of furan rings is 1. The number of hydrogen-bond donors (Lipinski definition) is 0. The Morgan fingerprint density at radius 2 is 0.980 bits per heavy atom. The fourth-order valence-electron chi connectivity index (χ4n) is 7.60. The van der Waals surface area contributed by atoms with Gasteiger partial charge in [0.05, 0.1) is 11.1 Å². The highest BCUT2D eigenvalue weighted by atomic mass is 16.3. The molecule has 10 rings (SSSR count). The van der Waals surface area contributed by atoms with Crippen LogP contribution in [-0.2, 0) is 0 Å². The molecule has 0 bridgehead atoms. The van der Waals surface area contributed by atoms with E-state index >= 15 is 0 Å². The molecule has 0 N–H and O–H groups in total. The average Bonchev–Trinajstić information content (AvgIpc) is 3.58. The van der Waals surface area contributed by atoms with E-state index in [4.69, 9.17) is 4.42 Å². The van der Waals surface area contributed by atoms with Gasteiger partial charge in [0, 0.05) is 22.1 Å². The van der Waals surface area contributed by atoms with Crippen LogP contribution in [0.1, 0.15) is 0 Å². The quantitative estimate of drug-likeness (QED) is 0.187. The second kappa shape index (κ2) is 11.5. The highest BCUT2D eigenvalue weighted by Gasteiger charge is 2.23. The summed E-state index contributed by atoms with van der Waals surface area (Å²) in [7, 11) is 0. The first-order valence-electron chi connectivity index (χ1n) is 17.1. The molecule has 2 heteroatoms. The Morgan fingerprint density at radius 3 is 1.80 bits per heavy atom. The van der Waals surface area contributed by atoms with Crippen molar-refractivity contribution in [3.63, 3.8) is 0 Å². The second-order valence-corrected chi connectivity index (χ2v) is 12.9. The van der Waals surface area contributed by atoms with Crippen LogP contribution in [0, 0.1) is 0 Å². The summed E-state index contributed by atoms with van der Waals surface area (Å²) in [6.45, 7) is 0. The largest absolute Gasteiger partial charge is 0.455 e. The SMILES string of the molecule is c1ccc(-c2ccc(N(c3ccc4ccccc4c3)c3cc(-c4cccc5ccccc45)cc4oc5c6ccccc6ccc5c34)cc2)cc1. The number of anilines is 3. The molecule has 2 nitrogen and oxygen atoms in total. The van der Waals surface area contributed by atoms with E-state index in [2.05, 4.69) is 193 Å². The molecule has 50 heavy (non-hydrogen) atoms. The van der Waals surface area contributed by atoms with E-state index in [1.165, 1.54) is 38.2 Å². The highest BCUT2D eigenvalue weighted by molar-refractivity contribution is 6.20. The van der Waals surface area contributed by atoms with Gasteiger partial charge in [0.1, 0.15) is 11.2 Å². The van der Waals surface area contributed by atoms with Crippen LogP contribution < -0.4 is 4.90 Å². The van der Waals surface area contributed by atoms with E-state index in [9.17, 15) is 0 Å². The summed E-state index contributed by atoms with van der Waals surface area (Å²) in [5.74, 6) is 0. The smallest absolute Gasteiger partial charge is 0.143 e. The number of fused-ring (bicyclic) bond motifs is 7. The molecule has 0 fully saturated rings. The molecule has 0 amide bonds. The molecular weight excluding hydrogens is 607 g/mol. The normalized spacial score (nSPS) is 11.6. The Kier molecular flexibility index (Phi) is 6.53. The summed E-state index contributed by atoms with van der Waals surface area (Å²) in [6, 6.07) is 67.5. The molecule has 10 aromatic rings. The van der Waals surface area contributed by atoms with E-state index in [0.717, 1.165) is 55.3 Å². The lowest BCUT2D eigenvalue weighted by Crippen LogP contribution is -2.10. The zero-order chi connectivity index (χ0) is 33.0. The van der Waals surface area contributed by atoms with Crippen molar-refractivity contribution >= 4 is 71.3 Å². The third kappa shape index (κ3) is 4.65. The van der Waals surface area contributed by atoms with Crippen molar-refractivity contribution in [3.05, 3.63) is 188 Å². The van der Waals surface area contributed by atoms with Crippen LogP contribution in [0.4, 0.5) is 17.1 Å². The second-order valence-electron chi connectivity index (χ2n) is 12.9. The van der Waals surface area contributed by atoms with E-state index in [-0.39, 0.29) is 0 Å². The van der Waals surface area contributed by atoms with Crippen LogP contribution in [0.5, 0.6) is 0 Å². The van der Waals surface area contributed by atoms with E-state index in [0.29, 0.717) is 0 Å². The highest BCUT2D eigenvalue weighted by Crippen LogP contribution is 2.47. The van der Waals surface area contributed by atoms with Gasteiger partial charge in [0.2, 0.25) is 0 Å². The first-order valence-corrected chi connectivity index (χ1v) is 17.1. The van der Waals surface area contributed by atoms with E-state index < -0.39 is 0 Å². The molecule has 0 saturated carbocycles. The van der Waals surface area contributed by atoms with Crippen LogP contribution in [0.3, 0.4) is 0 Å². The lowest BCUT2D eigenvalue weighted by Gasteiger charge is -2.27. The summed E-state index contributed by atoms with van der Waals surface area (Å²) in [5, 5.41) is 9.31. The fourth-order valence-corrected chi connectivity index (χ4v) is 7.60. The van der Waals surface area contributed by atoms with Gasteiger partial charge < -0.3 is 9.32 Å². The molecule has 0 radical (unpaired) electrons. The maximum Gasteiger partial charge on any atom is 0.143 e. The lowest BCUT2D eigenvalue weighted by molar-refractivity contribution is 0.673. The Labute approximate surface area is 290 Å². The standard InChI is InChI=1S/C48H31NO/c1-2-11-32(12-3-1)34-21-25-39(26-22-34)49(40-27-23-33-13-4-5-16-37(33)29-40)45-30-38(42-20-10-17-35-14-6-8-18-41(35)42)31-46-47(45)44-28-24-36-15-7-9-19-43(36)48(44)50-46/h1-31H. The Balaban J connectivity index is 1.30. The molecular formula is C48H31NO. The van der Waals surface area contributed by atoms with Gasteiger partial charge in [-0.3, -0.25) is 0 Å². The Hall–Kier alpha value is -6.64. The summed E-state index contributed by atoms with van der Waals surface area (Å²) >= 11 is 0. The van der Waals surface area contributed by atoms with Crippen LogP contribution in [-0.4, -0.2) is 0 Å². The first kappa shape index (κ1) is 28.4. The molecule has 9 aromatic carbocycles. The number of benzene rings is 9. The molecule has 0 aliphatic carbocycles. The summed E-state index contributed by atoms with van der Waals surface area (Å²) in [5.41, 5.74) is 9.67. The molecule has 1 aromatic heterocycles. The van der Waals surface area contributed by atoms with Gasteiger partial charge in [-0.2, -0.15) is 0 Å². The molecule has 0 spiro atoms. The van der Waals surface area contributed by atoms with Gasteiger partial charge in [-0.25, -0.2) is 0 Å². The van der Waals surface area contributed by atoms with Crippen LogP contribution in [0.15, 0.2) is 192 Å². The monoisotopic (exact) mass is 637 g/mol. The van der Waals surface area contributed by atoms with Gasteiger partial charge in [-0.1, -0.05) is 146 Å². The van der Waals surface area contributed by atoms with Gasteiger partial charge in [0.15, 0.2) is 0 Å². The van der Waals surface area contributed by atoms with E-state index in [1.54, 1.807) is 0 Å². The number of rotatable bonds is 5. The van der Waals surface area contributed by atoms with Crippen molar-refractivity contribution in [3.8, 4) is 22.3 Å². The molecule has 1 heterocycles. The maximum atomic E-state index is 6.92. The molecule has 0 unspecified atom stereocenters. The van der Waals surface area contributed by atoms with Crippen LogP contribution >= 0.6 is 0 Å². The van der Waals surface area contributed by atoms with Gasteiger partial charge >= 0.3 is 0 Å².